The van der Waals surface area contributed by atoms with Gasteiger partial charge in [-0.2, -0.15) is 0 Å². The predicted molar refractivity (Wildman–Crippen MR) is 545 cm³/mol. The average molecular weight is 2250 g/mol. The number of ether oxygens (including phenoxy) is 6. The van der Waals surface area contributed by atoms with Crippen molar-refractivity contribution in [1.29, 1.82) is 0 Å². The van der Waals surface area contributed by atoms with Gasteiger partial charge < -0.3 is 127 Å². The number of hydrogen-bond acceptors (Lipinski definition) is 36. The summed E-state index contributed by atoms with van der Waals surface area (Å²) in [6.07, 6.45) is 16.1. The van der Waals surface area contributed by atoms with E-state index in [-0.39, 0.29) is 95.3 Å². The highest BCUT2D eigenvalue weighted by Crippen LogP contribution is 2.65. The molecule has 18 rings (SSSR count). The SMILES string of the molecule is CCC(C)(C)C(=O)OC(C)(C)C12CC3CC(CC(C3)C1)C2.CCC(C)(C)C(=O)OC1(C(C)C)CCCC1.CCC(C)(C)C(=O)OC1COC(=O)C1.CCC(C)(C)C(=O)OCCC[Si]12O[Si]3(CC)O[Si]4(CC)O[Si]5(CC)O[Si](CC)(O3)O[Si](CC)(O[Si](CC)(O5)O[Si](CC)(O4)O1)O2.CCC(C)(C)C(=O)OC[Si]12O[Si]3(CC)O[Si]4(CC)O[Si]5(CC)O[Si](CC)(O3)O[Si](CC)(O[Si](CC)(O5)O[Si](CC)(O4)O1)O2. The second-order valence-electron chi connectivity index (χ2n) is 44.2. The van der Waals surface area contributed by atoms with Crippen LogP contribution in [0.1, 0.15) is 338 Å². The van der Waals surface area contributed by atoms with Crippen molar-refractivity contribution >= 4 is 177 Å². The van der Waals surface area contributed by atoms with E-state index in [9.17, 15) is 28.8 Å². The number of rotatable bonds is 35. The first-order chi connectivity index (χ1) is 64.7. The van der Waals surface area contributed by atoms with Crippen molar-refractivity contribution in [3.05, 3.63) is 0 Å². The fraction of sp³-hybridized carbons (Fsp3) is 0.931. The van der Waals surface area contributed by atoms with Crippen molar-refractivity contribution in [3.63, 3.8) is 0 Å². The van der Waals surface area contributed by atoms with Gasteiger partial charge in [0.2, 0.25) is 0 Å². The quantitative estimate of drug-likeness (QED) is 0.0246. The lowest BCUT2D eigenvalue weighted by Gasteiger charge is -2.63. The Morgan fingerprint density at radius 3 is 0.827 bits per heavy atom. The molecule has 36 nitrogen and oxygen atoms in total. The zero-order valence-corrected chi connectivity index (χ0v) is 106. The highest BCUT2D eigenvalue weighted by Gasteiger charge is 2.85. The normalized spacial score (nSPS) is 39.9. The summed E-state index contributed by atoms with van der Waals surface area (Å²) < 4.78 is 204. The molecule has 18 fully saturated rings. The van der Waals surface area contributed by atoms with E-state index in [4.69, 9.17) is 127 Å². The minimum atomic E-state index is -4.15. The van der Waals surface area contributed by atoms with Crippen LogP contribution < -0.4 is 0 Å². The smallest absolute Gasteiger partial charge is 0.465 e. The summed E-state index contributed by atoms with van der Waals surface area (Å²) in [5.74, 6) is 1.87. The third kappa shape index (κ3) is 24.8. The molecule has 13 aliphatic heterocycles. The maximum absolute atomic E-state index is 13.3. The summed E-state index contributed by atoms with van der Waals surface area (Å²) in [4.78, 5) is 73.1. The van der Waals surface area contributed by atoms with Gasteiger partial charge in [-0.1, -0.05) is 145 Å². The van der Waals surface area contributed by atoms with Crippen LogP contribution in [0.3, 0.4) is 0 Å². The third-order valence-electron chi connectivity index (χ3n) is 31.5. The van der Waals surface area contributed by atoms with Crippen LogP contribution in [0.5, 0.6) is 0 Å². The molecule has 18 aliphatic rings. The standard InChI is InChI=1S/C23H52O14Si8.C21H48O14Si8.C19H32O2.C14H26O2.C10H16O4/c1-11-23(9,10)22(24)25-20-19-21-45-35-42(16-6)29-39(13-3)26-38(12-2)27-40(14-4,31-42)33-44(18-8,37-45)34-41(15-5,28-38)32-43(17-7,30-39)36-45;1-11-21(9,10)20(22)23-19-43-33-40(16-6)27-37(13-3)24-36(12-2)25-38(14-4,29-40)31-42(18-8,35-43)32-39(15-5,26-36)30-41(17-7,28-37)34-43;1-6-17(2,3)16(20)21-18(4,5)19-10-13-7-14(11-19)9-15(8-13)12-19;1-6-13(4,5)12(15)16-14(11(2)3)9-7-8-10-14;1-4-10(2,3)9(12)14-7-5-8(11)13-6-7/h11-21H2,1-10H3;11-19H2,1-10H3;13-15H,6-12H2,1-5H3;11H,6-10H2,1-5H3;7H,4-6H2,1-3H3. The third-order valence-corrected chi connectivity index (χ3v) is 105. The van der Waals surface area contributed by atoms with E-state index in [1.807, 2.05) is 194 Å². The molecular formula is C87H174O36Si16. The molecule has 13 heterocycles. The van der Waals surface area contributed by atoms with Crippen LogP contribution in [-0.4, -0.2) is 213 Å². The predicted octanol–water partition coefficient (Wildman–Crippen LogP) is 19.9. The molecule has 52 heteroatoms. The molecule has 1 atom stereocenters. The average Bonchev–Trinajstić information content (AvgIpc) is 0.867. The second kappa shape index (κ2) is 43.8. The fourth-order valence-corrected chi connectivity index (χ4v) is 119. The minimum Gasteiger partial charge on any atom is -0.465 e. The van der Waals surface area contributed by atoms with Crippen LogP contribution in [0.2, 0.25) is 90.7 Å². The maximum atomic E-state index is 13.3. The van der Waals surface area contributed by atoms with Crippen molar-refractivity contribution in [2.45, 2.75) is 446 Å². The summed E-state index contributed by atoms with van der Waals surface area (Å²) in [5.41, 5.74) is -2.74. The Hall–Kier alpha value is -0.670. The first-order valence-electron chi connectivity index (χ1n) is 52.7. The van der Waals surface area contributed by atoms with Gasteiger partial charge in [0.25, 0.3) is 0 Å². The van der Waals surface area contributed by atoms with Gasteiger partial charge in [-0.05, 0) is 209 Å². The molecule has 0 radical (unpaired) electrons. The lowest BCUT2D eigenvalue weighted by atomic mass is 9.46. The van der Waals surface area contributed by atoms with E-state index in [1.165, 1.54) is 51.4 Å². The molecule has 13 saturated heterocycles. The van der Waals surface area contributed by atoms with Gasteiger partial charge in [-0.25, -0.2) is 0 Å². The monoisotopic (exact) mass is 2240 g/mol. The Morgan fingerprint density at radius 1 is 0.331 bits per heavy atom. The van der Waals surface area contributed by atoms with Crippen LogP contribution in [0.25, 0.3) is 0 Å². The number of carbonyl (C=O) groups is 6. The van der Waals surface area contributed by atoms with E-state index >= 15 is 0 Å². The lowest BCUT2D eigenvalue weighted by molar-refractivity contribution is -0.206. The van der Waals surface area contributed by atoms with Crippen molar-refractivity contribution in [1.82, 2.24) is 0 Å². The van der Waals surface area contributed by atoms with Crippen LogP contribution in [0.15, 0.2) is 0 Å². The highest BCUT2D eigenvalue weighted by molar-refractivity contribution is 7.05. The fourth-order valence-electron chi connectivity index (χ4n) is 20.0. The van der Waals surface area contributed by atoms with Crippen molar-refractivity contribution in [2.24, 2.45) is 56.2 Å². The Labute approximate surface area is 847 Å². The van der Waals surface area contributed by atoms with Gasteiger partial charge in [0.1, 0.15) is 23.9 Å². The Morgan fingerprint density at radius 2 is 0.576 bits per heavy atom. The van der Waals surface area contributed by atoms with E-state index in [2.05, 4.69) is 34.6 Å². The van der Waals surface area contributed by atoms with Crippen LogP contribution in [0.4, 0.5) is 0 Å². The van der Waals surface area contributed by atoms with Crippen LogP contribution in [0, 0.1) is 56.2 Å². The molecule has 5 aliphatic carbocycles. The number of cyclic esters (lactones) is 1. The maximum Gasteiger partial charge on any atom is 0.518 e. The number of hydrogen-bond donors (Lipinski definition) is 0. The van der Waals surface area contributed by atoms with E-state index in [0.717, 1.165) is 43.4 Å². The Bertz CT molecular complexity index is 3980. The first-order valence-corrected chi connectivity index (χ1v) is 83.6. The molecule has 0 aromatic carbocycles. The second-order valence-corrected chi connectivity index (χ2v) is 96.3. The van der Waals surface area contributed by atoms with Crippen LogP contribution >= 0.6 is 0 Å². The molecule has 5 saturated carbocycles. The number of esters is 6. The molecule has 0 aromatic heterocycles. The van der Waals surface area contributed by atoms with Gasteiger partial charge >= 0.3 is 177 Å². The summed E-state index contributed by atoms with van der Waals surface area (Å²) >= 11 is 0. The molecule has 20 bridgehead atoms. The highest BCUT2D eigenvalue weighted by atomic mass is 28.6. The molecular weight excluding hydrogens is 2070 g/mol. The molecule has 0 N–H and O–H groups in total. The zero-order chi connectivity index (χ0) is 103. The van der Waals surface area contributed by atoms with Crippen LogP contribution in [-0.2, 0) is 156 Å². The summed E-state index contributed by atoms with van der Waals surface area (Å²) in [6.45, 7) is 65.3. The molecule has 0 spiro atoms. The van der Waals surface area contributed by atoms with Gasteiger partial charge in [-0.3, -0.25) is 28.8 Å². The van der Waals surface area contributed by atoms with Gasteiger partial charge in [0, 0.05) is 96.1 Å². The van der Waals surface area contributed by atoms with Crippen molar-refractivity contribution < 1.29 is 156 Å². The van der Waals surface area contributed by atoms with Gasteiger partial charge in [0.15, 0.2) is 6.23 Å². The zero-order valence-electron chi connectivity index (χ0n) is 90.3. The Balaban J connectivity index is 0.000000180. The Kier molecular flexibility index (Phi) is 37.4. The molecule has 0 aromatic rings. The first kappa shape index (κ1) is 119. The summed E-state index contributed by atoms with van der Waals surface area (Å²) in [7, 11) is -60.0. The lowest BCUT2D eigenvalue weighted by Crippen LogP contribution is -2.88. The molecule has 802 valence electrons. The molecule has 139 heavy (non-hydrogen) atoms. The van der Waals surface area contributed by atoms with Gasteiger partial charge in [0.05, 0.1) is 40.1 Å². The van der Waals surface area contributed by atoms with E-state index in [0.29, 0.717) is 116 Å². The summed E-state index contributed by atoms with van der Waals surface area (Å²) in [6, 6.07) is 5.60. The number of carbonyl (C=O) groups excluding carboxylic acids is 6. The van der Waals surface area contributed by atoms with Gasteiger partial charge in [-0.15, -0.1) is 0 Å². The molecule has 0 amide bonds. The van der Waals surface area contributed by atoms with E-state index < -0.39 is 163 Å². The topological polar surface area (TPSA) is 379 Å². The van der Waals surface area contributed by atoms with Crippen molar-refractivity contribution in [2.75, 3.05) is 19.4 Å². The minimum absolute atomic E-state index is 0.00857. The van der Waals surface area contributed by atoms with Crippen molar-refractivity contribution in [3.8, 4) is 0 Å². The largest absolute Gasteiger partial charge is 0.518 e. The molecule has 1 unspecified atom stereocenters. The summed E-state index contributed by atoms with van der Waals surface area (Å²) in [5, 5.41) is 0. The van der Waals surface area contributed by atoms with E-state index in [1.54, 1.807) is 0 Å².